The number of aliphatic hydroxyl groups excluding tert-OH is 1. The third-order valence-electron chi connectivity index (χ3n) is 3.22. The summed E-state index contributed by atoms with van der Waals surface area (Å²) < 4.78 is 27.2. The van der Waals surface area contributed by atoms with E-state index in [4.69, 9.17) is 10.00 Å². The average molecular weight is 361 g/mol. The van der Waals surface area contributed by atoms with Crippen LogP contribution in [0, 0.1) is 11.3 Å². The number of hydrogen-bond donors (Lipinski definition) is 3. The molecule has 0 spiro atoms. The van der Waals surface area contributed by atoms with Crippen LogP contribution in [0.3, 0.4) is 0 Å². The number of aromatic amines is 1. The van der Waals surface area contributed by atoms with Crippen LogP contribution in [-0.4, -0.2) is 38.6 Å². The quantitative estimate of drug-likeness (QED) is 0.332. The fourth-order valence-corrected chi connectivity index (χ4v) is 2.95. The van der Waals surface area contributed by atoms with Gasteiger partial charge in [0.1, 0.15) is 12.3 Å². The molecular formula is C12H16N3O8P. The van der Waals surface area contributed by atoms with Crippen molar-refractivity contribution in [2.24, 2.45) is 0 Å². The minimum atomic E-state index is -4.54. The van der Waals surface area contributed by atoms with Gasteiger partial charge in [0.05, 0.1) is 19.1 Å². The smallest absolute Gasteiger partial charge is 0.365 e. The lowest BCUT2D eigenvalue weighted by Crippen LogP contribution is -2.33. The first kappa shape index (κ1) is 18.5. The number of phosphoric ester groups is 1. The monoisotopic (exact) mass is 361 g/mol. The van der Waals surface area contributed by atoms with Gasteiger partial charge < -0.3 is 14.7 Å². The molecule has 12 heteroatoms. The third-order valence-corrected chi connectivity index (χ3v) is 4.21. The number of H-pyrrole nitrogens is 1. The molecule has 0 saturated carbocycles. The molecule has 132 valence electrons. The Kier molecular flexibility index (Phi) is 6.06. The highest BCUT2D eigenvalue weighted by Gasteiger charge is 2.37. The molecule has 1 saturated heterocycles. The Labute approximate surface area is 135 Å². The van der Waals surface area contributed by atoms with Gasteiger partial charge in [-0.25, -0.2) is 9.36 Å². The van der Waals surface area contributed by atoms with Gasteiger partial charge in [-0.15, -0.1) is 0 Å². The largest absolute Gasteiger partial charge is 0.474 e. The van der Waals surface area contributed by atoms with Gasteiger partial charge in [-0.05, 0) is 12.8 Å². The Morgan fingerprint density at radius 1 is 1.54 bits per heavy atom. The summed E-state index contributed by atoms with van der Waals surface area (Å²) in [5.74, 6) is 0. The zero-order chi connectivity index (χ0) is 17.7. The minimum Gasteiger partial charge on any atom is -0.365 e. The van der Waals surface area contributed by atoms with E-state index >= 15 is 0 Å². The molecule has 0 amide bonds. The highest BCUT2D eigenvalue weighted by atomic mass is 31.2. The SMILES string of the molecule is N#CCCOP(=O)(O)OC(O)[C@@H]1CC[C@H](n2ccc(=O)[nH]c2=O)O1. The highest BCUT2D eigenvalue weighted by molar-refractivity contribution is 7.47. The number of aromatic nitrogens is 2. The molecule has 1 fully saturated rings. The summed E-state index contributed by atoms with van der Waals surface area (Å²) >= 11 is 0. The molecule has 1 aliphatic rings. The summed E-state index contributed by atoms with van der Waals surface area (Å²) in [5.41, 5.74) is -1.22. The summed E-state index contributed by atoms with van der Waals surface area (Å²) in [4.78, 5) is 34.2. The lowest BCUT2D eigenvalue weighted by atomic mass is 10.2. The number of nitrogens with one attached hydrogen (secondary N) is 1. The van der Waals surface area contributed by atoms with E-state index in [-0.39, 0.29) is 19.4 Å². The maximum atomic E-state index is 11.7. The second-order valence-corrected chi connectivity index (χ2v) is 6.34. The van der Waals surface area contributed by atoms with E-state index in [1.54, 1.807) is 6.07 Å². The van der Waals surface area contributed by atoms with Crippen molar-refractivity contribution in [1.29, 1.82) is 5.26 Å². The maximum absolute atomic E-state index is 11.7. The van der Waals surface area contributed by atoms with Crippen LogP contribution >= 0.6 is 7.82 Å². The van der Waals surface area contributed by atoms with E-state index in [1.165, 1.54) is 6.20 Å². The molecule has 2 rings (SSSR count). The third kappa shape index (κ3) is 4.85. The molecule has 1 aromatic heterocycles. The second-order valence-electron chi connectivity index (χ2n) is 4.93. The highest BCUT2D eigenvalue weighted by Crippen LogP contribution is 2.46. The van der Waals surface area contributed by atoms with Gasteiger partial charge >= 0.3 is 13.5 Å². The van der Waals surface area contributed by atoms with Gasteiger partial charge in [-0.3, -0.25) is 23.4 Å². The molecule has 1 aromatic rings. The van der Waals surface area contributed by atoms with Crippen molar-refractivity contribution < 1.29 is 28.3 Å². The van der Waals surface area contributed by atoms with Crippen LogP contribution in [0.1, 0.15) is 25.5 Å². The lowest BCUT2D eigenvalue weighted by molar-refractivity contribution is -0.146. The molecule has 1 aliphatic heterocycles. The van der Waals surface area contributed by atoms with Gasteiger partial charge in [0.15, 0.2) is 6.29 Å². The Balaban J connectivity index is 1.95. The Bertz CT molecular complexity index is 769. The number of hydrogen-bond acceptors (Lipinski definition) is 8. The van der Waals surface area contributed by atoms with E-state index in [0.29, 0.717) is 6.42 Å². The molecule has 3 N–H and O–H groups in total. The summed E-state index contributed by atoms with van der Waals surface area (Å²) in [6.45, 7) is -0.322. The second kappa shape index (κ2) is 7.85. The molecule has 0 radical (unpaired) electrons. The summed E-state index contributed by atoms with van der Waals surface area (Å²) in [6.07, 6.45) is -1.77. The standard InChI is InChI=1S/C12H16N3O8P/c13-5-1-7-21-24(19,20)23-11(17)8-2-3-10(22-8)15-6-4-9(16)14-12(15)18/h4,6,8,10-11,17H,1-3,7H2,(H,19,20)(H,14,16,18)/t8-,10+,11?/m0/s1. The normalized spacial score (nSPS) is 24.2. The fraction of sp³-hybridized carbons (Fsp3) is 0.583. The molecule has 2 unspecified atom stereocenters. The topological polar surface area (TPSA) is 164 Å². The first-order valence-corrected chi connectivity index (χ1v) is 8.49. The number of nitrogens with zero attached hydrogens (tertiary/aromatic N) is 2. The van der Waals surface area contributed by atoms with Crippen molar-refractivity contribution in [1.82, 2.24) is 9.55 Å². The first-order valence-electron chi connectivity index (χ1n) is 7.00. The summed E-state index contributed by atoms with van der Waals surface area (Å²) in [7, 11) is -4.54. The number of nitriles is 1. The first-order chi connectivity index (χ1) is 11.3. The van der Waals surface area contributed by atoms with Crippen molar-refractivity contribution in [2.45, 2.75) is 37.9 Å². The van der Waals surface area contributed by atoms with Gasteiger partial charge in [-0.2, -0.15) is 5.26 Å². The van der Waals surface area contributed by atoms with Crippen LogP contribution in [-0.2, 0) is 18.3 Å². The molecular weight excluding hydrogens is 345 g/mol. The minimum absolute atomic E-state index is 0.110. The van der Waals surface area contributed by atoms with Crippen LogP contribution in [0.5, 0.6) is 0 Å². The predicted octanol–water partition coefficient (Wildman–Crippen LogP) is -0.420. The lowest BCUT2D eigenvalue weighted by Gasteiger charge is -2.21. The van der Waals surface area contributed by atoms with Gasteiger partial charge in [-0.1, -0.05) is 0 Å². The number of phosphoric acid groups is 1. The Morgan fingerprint density at radius 3 is 2.96 bits per heavy atom. The van der Waals surface area contributed by atoms with Crippen LogP contribution < -0.4 is 11.2 Å². The summed E-state index contributed by atoms with van der Waals surface area (Å²) in [6, 6.07) is 2.87. The zero-order valence-corrected chi connectivity index (χ0v) is 13.3. The molecule has 11 nitrogen and oxygen atoms in total. The van der Waals surface area contributed by atoms with Crippen molar-refractivity contribution in [3.05, 3.63) is 33.1 Å². The van der Waals surface area contributed by atoms with Crippen molar-refractivity contribution in [3.63, 3.8) is 0 Å². The van der Waals surface area contributed by atoms with Crippen molar-refractivity contribution in [3.8, 4) is 6.07 Å². The van der Waals surface area contributed by atoms with E-state index in [9.17, 15) is 24.2 Å². The molecule has 0 aromatic carbocycles. The zero-order valence-electron chi connectivity index (χ0n) is 12.4. The van der Waals surface area contributed by atoms with Crippen molar-refractivity contribution in [2.75, 3.05) is 6.61 Å². The van der Waals surface area contributed by atoms with Crippen LogP contribution in [0.15, 0.2) is 21.9 Å². The van der Waals surface area contributed by atoms with Crippen LogP contribution in [0.4, 0.5) is 0 Å². The number of aliphatic hydroxyl groups is 1. The number of rotatable bonds is 7. The Morgan fingerprint density at radius 2 is 2.29 bits per heavy atom. The molecule has 24 heavy (non-hydrogen) atoms. The average Bonchev–Trinajstić information content (AvgIpc) is 2.96. The molecule has 2 heterocycles. The van der Waals surface area contributed by atoms with Crippen LogP contribution in [0.25, 0.3) is 0 Å². The molecule has 0 aliphatic carbocycles. The fourth-order valence-electron chi connectivity index (χ4n) is 2.15. The number of ether oxygens (including phenoxy) is 1. The van der Waals surface area contributed by atoms with E-state index in [2.05, 4.69) is 14.0 Å². The van der Waals surface area contributed by atoms with Crippen LogP contribution in [0.2, 0.25) is 0 Å². The van der Waals surface area contributed by atoms with Gasteiger partial charge in [0, 0.05) is 12.3 Å². The molecule has 4 atom stereocenters. The predicted molar refractivity (Wildman–Crippen MR) is 77.6 cm³/mol. The van der Waals surface area contributed by atoms with E-state index < -0.39 is 37.7 Å². The molecule has 0 bridgehead atoms. The van der Waals surface area contributed by atoms with Gasteiger partial charge in [0.25, 0.3) is 5.56 Å². The Hall–Kier alpha value is -1.80. The van der Waals surface area contributed by atoms with E-state index in [0.717, 1.165) is 10.6 Å². The maximum Gasteiger partial charge on any atom is 0.474 e. The van der Waals surface area contributed by atoms with Crippen molar-refractivity contribution >= 4 is 7.82 Å². The van der Waals surface area contributed by atoms with E-state index in [1.807, 2.05) is 0 Å². The van der Waals surface area contributed by atoms with Gasteiger partial charge in [0.2, 0.25) is 0 Å². The summed E-state index contributed by atoms with van der Waals surface area (Å²) in [5, 5.41) is 18.2.